The van der Waals surface area contributed by atoms with Crippen molar-refractivity contribution in [3.05, 3.63) is 29.6 Å². The monoisotopic (exact) mass is 186 g/mol. The number of hydrogen-bond acceptors (Lipinski definition) is 2. The number of rotatable bonds is 4. The number of nitrogens with one attached hydrogen (secondary N) is 1. The molecule has 0 aliphatic heterocycles. The van der Waals surface area contributed by atoms with Crippen molar-refractivity contribution >= 4 is 0 Å². The molecule has 0 amide bonds. The molecule has 0 fully saturated rings. The highest BCUT2D eigenvalue weighted by molar-refractivity contribution is 5.21. The molecule has 0 aliphatic rings. The molecular weight excluding hydrogens is 174 g/mol. The summed E-state index contributed by atoms with van der Waals surface area (Å²) in [5.41, 5.74) is 0.518. The smallest absolute Gasteiger partial charge is 0.280 e. The van der Waals surface area contributed by atoms with Gasteiger partial charge in [-0.3, -0.25) is 4.98 Å². The van der Waals surface area contributed by atoms with Gasteiger partial charge >= 0.3 is 0 Å². The Kier molecular flexibility index (Phi) is 3.76. The Morgan fingerprint density at radius 1 is 1.54 bits per heavy atom. The summed E-state index contributed by atoms with van der Waals surface area (Å²) in [7, 11) is 1.79. The van der Waals surface area contributed by atoms with Gasteiger partial charge in [0.15, 0.2) is 0 Å². The van der Waals surface area contributed by atoms with Gasteiger partial charge in [-0.15, -0.1) is 0 Å². The first-order chi connectivity index (χ1) is 6.25. The van der Waals surface area contributed by atoms with Gasteiger partial charge in [-0.2, -0.15) is 0 Å². The Morgan fingerprint density at radius 3 is 2.92 bits per heavy atom. The first-order valence-electron chi connectivity index (χ1n) is 4.12. The van der Waals surface area contributed by atoms with E-state index in [0.29, 0.717) is 18.5 Å². The molecule has 0 unspecified atom stereocenters. The maximum Gasteiger partial charge on any atom is 0.280 e. The average molecular weight is 186 g/mol. The van der Waals surface area contributed by atoms with Crippen molar-refractivity contribution in [2.45, 2.75) is 12.8 Å². The number of likely N-dealkylation sites (N-methyl/N-ethyl adjacent to an activating group) is 1. The van der Waals surface area contributed by atoms with E-state index in [2.05, 4.69) is 10.3 Å². The highest BCUT2D eigenvalue weighted by Gasteiger charge is 2.12. The van der Waals surface area contributed by atoms with Crippen LogP contribution in [-0.2, 0) is 6.42 Å². The molecule has 0 radical (unpaired) electrons. The van der Waals surface area contributed by atoms with Crippen LogP contribution in [0, 0.1) is 0 Å². The van der Waals surface area contributed by atoms with Crippen LogP contribution < -0.4 is 5.32 Å². The molecule has 0 aliphatic carbocycles. The maximum atomic E-state index is 12.4. The third-order valence-electron chi connectivity index (χ3n) is 1.78. The van der Waals surface area contributed by atoms with E-state index >= 15 is 0 Å². The van der Waals surface area contributed by atoms with Crippen LogP contribution >= 0.6 is 0 Å². The number of halogens is 2. The number of nitrogens with zero attached hydrogens (tertiary/aromatic N) is 1. The predicted molar refractivity (Wildman–Crippen MR) is 46.8 cm³/mol. The molecule has 0 aromatic carbocycles. The summed E-state index contributed by atoms with van der Waals surface area (Å²) in [5, 5.41) is 2.91. The van der Waals surface area contributed by atoms with Gasteiger partial charge in [0.05, 0.1) is 0 Å². The molecule has 1 heterocycles. The predicted octanol–water partition coefficient (Wildman–Crippen LogP) is 1.78. The zero-order valence-corrected chi connectivity index (χ0v) is 7.43. The second kappa shape index (κ2) is 4.87. The van der Waals surface area contributed by atoms with Crippen molar-refractivity contribution in [1.82, 2.24) is 10.3 Å². The van der Waals surface area contributed by atoms with Crippen molar-refractivity contribution in [3.63, 3.8) is 0 Å². The molecule has 0 saturated carbocycles. The summed E-state index contributed by atoms with van der Waals surface area (Å²) in [6.45, 7) is 0.686. The lowest BCUT2D eigenvalue weighted by Gasteiger charge is -2.06. The minimum absolute atomic E-state index is 0.0993. The third kappa shape index (κ3) is 2.73. The molecule has 4 heteroatoms. The lowest BCUT2D eigenvalue weighted by Crippen LogP contribution is -2.12. The van der Waals surface area contributed by atoms with E-state index < -0.39 is 6.43 Å². The molecule has 1 N–H and O–H groups in total. The first kappa shape index (κ1) is 10.1. The Morgan fingerprint density at radius 2 is 2.31 bits per heavy atom. The average Bonchev–Trinajstić information content (AvgIpc) is 2.15. The highest BCUT2D eigenvalue weighted by Crippen LogP contribution is 2.20. The summed E-state index contributed by atoms with van der Waals surface area (Å²) < 4.78 is 24.7. The van der Waals surface area contributed by atoms with Crippen LogP contribution in [0.1, 0.15) is 17.7 Å². The molecule has 13 heavy (non-hydrogen) atoms. The quantitative estimate of drug-likeness (QED) is 0.775. The lowest BCUT2D eigenvalue weighted by molar-refractivity contribution is 0.145. The van der Waals surface area contributed by atoms with E-state index in [1.165, 1.54) is 6.20 Å². The fourth-order valence-electron chi connectivity index (χ4n) is 1.12. The summed E-state index contributed by atoms with van der Waals surface area (Å²) in [6.07, 6.45) is -0.498. The van der Waals surface area contributed by atoms with Crippen LogP contribution in [-0.4, -0.2) is 18.6 Å². The van der Waals surface area contributed by atoms with Crippen molar-refractivity contribution in [3.8, 4) is 0 Å². The molecule has 72 valence electrons. The minimum atomic E-state index is -2.48. The van der Waals surface area contributed by atoms with E-state index in [1.807, 2.05) is 0 Å². The van der Waals surface area contributed by atoms with E-state index in [1.54, 1.807) is 19.2 Å². The van der Waals surface area contributed by atoms with Crippen LogP contribution in [0.25, 0.3) is 0 Å². The van der Waals surface area contributed by atoms with Crippen molar-refractivity contribution in [2.24, 2.45) is 0 Å². The standard InChI is InChI=1S/C9H12F2N2/c1-12-6-4-7-3-2-5-13-8(7)9(10)11/h2-3,5,9,12H,4,6H2,1H3. The number of pyridine rings is 1. The summed E-state index contributed by atoms with van der Waals surface area (Å²) in [5.74, 6) is 0. The number of aromatic nitrogens is 1. The SMILES string of the molecule is CNCCc1cccnc1C(F)F. The van der Waals surface area contributed by atoms with Crippen LogP contribution in [0.3, 0.4) is 0 Å². The molecule has 0 spiro atoms. The Hall–Kier alpha value is -1.03. The number of hydrogen-bond donors (Lipinski definition) is 1. The van der Waals surface area contributed by atoms with E-state index in [9.17, 15) is 8.78 Å². The fraction of sp³-hybridized carbons (Fsp3) is 0.444. The normalized spacial score (nSPS) is 10.8. The summed E-state index contributed by atoms with van der Waals surface area (Å²) >= 11 is 0. The van der Waals surface area contributed by atoms with E-state index in [0.717, 1.165) is 0 Å². The van der Waals surface area contributed by atoms with E-state index in [-0.39, 0.29) is 5.69 Å². The van der Waals surface area contributed by atoms with Gasteiger partial charge in [-0.25, -0.2) is 8.78 Å². The first-order valence-corrected chi connectivity index (χ1v) is 4.12. The molecule has 1 aromatic rings. The third-order valence-corrected chi connectivity index (χ3v) is 1.78. The summed E-state index contributed by atoms with van der Waals surface area (Å²) in [6, 6.07) is 3.36. The van der Waals surface area contributed by atoms with E-state index in [4.69, 9.17) is 0 Å². The van der Waals surface area contributed by atoms with Crippen molar-refractivity contribution in [1.29, 1.82) is 0 Å². The highest BCUT2D eigenvalue weighted by atomic mass is 19.3. The minimum Gasteiger partial charge on any atom is -0.319 e. The van der Waals surface area contributed by atoms with Crippen molar-refractivity contribution < 1.29 is 8.78 Å². The summed E-state index contributed by atoms with van der Waals surface area (Å²) in [4.78, 5) is 3.65. The maximum absolute atomic E-state index is 12.4. The van der Waals surface area contributed by atoms with Crippen molar-refractivity contribution in [2.75, 3.05) is 13.6 Å². The molecule has 1 aromatic heterocycles. The van der Waals surface area contributed by atoms with Gasteiger partial charge in [-0.1, -0.05) is 6.07 Å². The van der Waals surface area contributed by atoms with Crippen LogP contribution in [0.4, 0.5) is 8.78 Å². The molecular formula is C9H12F2N2. The molecule has 0 atom stereocenters. The van der Waals surface area contributed by atoms with Crippen LogP contribution in [0.5, 0.6) is 0 Å². The van der Waals surface area contributed by atoms with Gasteiger partial charge in [0, 0.05) is 6.20 Å². The van der Waals surface area contributed by atoms with Gasteiger partial charge in [-0.05, 0) is 31.6 Å². The molecule has 1 rings (SSSR count). The molecule has 2 nitrogen and oxygen atoms in total. The second-order valence-electron chi connectivity index (χ2n) is 2.70. The zero-order valence-electron chi connectivity index (χ0n) is 7.43. The Labute approximate surface area is 76.0 Å². The molecule has 0 bridgehead atoms. The fourth-order valence-corrected chi connectivity index (χ4v) is 1.12. The van der Waals surface area contributed by atoms with Gasteiger partial charge in [0.25, 0.3) is 6.43 Å². The second-order valence-corrected chi connectivity index (χ2v) is 2.70. The Balaban J connectivity index is 2.78. The largest absolute Gasteiger partial charge is 0.319 e. The van der Waals surface area contributed by atoms with Gasteiger partial charge in [0.1, 0.15) is 5.69 Å². The number of alkyl halides is 2. The van der Waals surface area contributed by atoms with Gasteiger partial charge < -0.3 is 5.32 Å². The lowest BCUT2D eigenvalue weighted by atomic mass is 10.1. The van der Waals surface area contributed by atoms with Gasteiger partial charge in [0.2, 0.25) is 0 Å². The Bertz CT molecular complexity index is 264. The van der Waals surface area contributed by atoms with Crippen LogP contribution in [0.2, 0.25) is 0 Å². The zero-order chi connectivity index (χ0) is 9.68. The van der Waals surface area contributed by atoms with Crippen LogP contribution in [0.15, 0.2) is 18.3 Å². The topological polar surface area (TPSA) is 24.9 Å². The molecule has 0 saturated heterocycles.